The maximum atomic E-state index is 13.1. The molecule has 0 N–H and O–H groups in total. The molecule has 0 aliphatic carbocycles. The van der Waals surface area contributed by atoms with Crippen molar-refractivity contribution >= 4 is 11.8 Å². The lowest BCUT2D eigenvalue weighted by molar-refractivity contribution is -0.139. The average Bonchev–Trinajstić information content (AvgIpc) is 2.68. The number of piperidine rings is 2. The Labute approximate surface area is 162 Å². The van der Waals surface area contributed by atoms with Crippen molar-refractivity contribution in [2.45, 2.75) is 52.4 Å². The zero-order valence-corrected chi connectivity index (χ0v) is 16.9. The maximum absolute atomic E-state index is 13.1. The van der Waals surface area contributed by atoms with Crippen LogP contribution in [0.4, 0.5) is 0 Å². The number of benzene rings is 1. The van der Waals surface area contributed by atoms with Crippen molar-refractivity contribution < 1.29 is 14.3 Å². The lowest BCUT2D eigenvalue weighted by Gasteiger charge is -2.48. The van der Waals surface area contributed by atoms with Crippen LogP contribution in [0.3, 0.4) is 0 Å². The summed E-state index contributed by atoms with van der Waals surface area (Å²) in [6.45, 7) is 7.33. The number of aryl methyl sites for hydroxylation is 1. The highest BCUT2D eigenvalue weighted by molar-refractivity contribution is 5.94. The number of unbranched alkanes of at least 4 members (excludes halogenated alkanes) is 1. The van der Waals surface area contributed by atoms with Crippen molar-refractivity contribution in [3.63, 3.8) is 0 Å². The van der Waals surface area contributed by atoms with Gasteiger partial charge in [-0.3, -0.25) is 9.59 Å². The third-order valence-corrected chi connectivity index (χ3v) is 6.12. The Balaban J connectivity index is 1.72. The fourth-order valence-corrected chi connectivity index (χ4v) is 4.56. The molecule has 1 aromatic carbocycles. The van der Waals surface area contributed by atoms with Crippen LogP contribution in [-0.2, 0) is 4.79 Å². The smallest absolute Gasteiger partial charge is 0.253 e. The summed E-state index contributed by atoms with van der Waals surface area (Å²) in [6.07, 6.45) is 5.78. The molecule has 5 heteroatoms. The molecular weight excluding hydrogens is 340 g/mol. The van der Waals surface area contributed by atoms with E-state index in [0.717, 1.165) is 75.2 Å². The van der Waals surface area contributed by atoms with E-state index < -0.39 is 0 Å². The molecule has 2 fully saturated rings. The van der Waals surface area contributed by atoms with Crippen LogP contribution in [-0.4, -0.2) is 54.9 Å². The summed E-state index contributed by atoms with van der Waals surface area (Å²) in [7, 11) is 1.65. The summed E-state index contributed by atoms with van der Waals surface area (Å²) in [5.41, 5.74) is 1.76. The molecule has 2 amide bonds. The molecule has 2 aliphatic rings. The first-order chi connectivity index (χ1) is 13.0. The number of ether oxygens (including phenoxy) is 1. The Kier molecular flexibility index (Phi) is 6.08. The molecule has 148 valence electrons. The number of hydrogen-bond donors (Lipinski definition) is 0. The third-order valence-electron chi connectivity index (χ3n) is 6.12. The van der Waals surface area contributed by atoms with Gasteiger partial charge in [0.2, 0.25) is 5.91 Å². The van der Waals surface area contributed by atoms with Gasteiger partial charge in [0.25, 0.3) is 5.91 Å². The van der Waals surface area contributed by atoms with Crippen LogP contribution in [0, 0.1) is 12.3 Å². The van der Waals surface area contributed by atoms with E-state index in [1.165, 1.54) is 0 Å². The highest BCUT2D eigenvalue weighted by atomic mass is 16.5. The Bertz CT molecular complexity index is 703. The first-order valence-corrected chi connectivity index (χ1v) is 10.2. The molecule has 27 heavy (non-hydrogen) atoms. The van der Waals surface area contributed by atoms with Crippen molar-refractivity contribution in [3.05, 3.63) is 29.3 Å². The fourth-order valence-electron chi connectivity index (χ4n) is 4.56. The van der Waals surface area contributed by atoms with Gasteiger partial charge in [-0.05, 0) is 56.4 Å². The molecule has 5 nitrogen and oxygen atoms in total. The van der Waals surface area contributed by atoms with E-state index in [1.54, 1.807) is 7.11 Å². The molecular formula is C22H32N2O3. The summed E-state index contributed by atoms with van der Waals surface area (Å²) < 4.78 is 5.31. The molecule has 0 unspecified atom stereocenters. The van der Waals surface area contributed by atoms with Crippen molar-refractivity contribution in [3.8, 4) is 5.75 Å². The van der Waals surface area contributed by atoms with Gasteiger partial charge in [-0.15, -0.1) is 0 Å². The Morgan fingerprint density at radius 1 is 1.26 bits per heavy atom. The first kappa shape index (κ1) is 19.7. The van der Waals surface area contributed by atoms with E-state index in [2.05, 4.69) is 6.92 Å². The predicted molar refractivity (Wildman–Crippen MR) is 106 cm³/mol. The second-order valence-electron chi connectivity index (χ2n) is 8.18. The highest BCUT2D eigenvalue weighted by Gasteiger charge is 2.42. The van der Waals surface area contributed by atoms with Crippen molar-refractivity contribution in [1.82, 2.24) is 9.80 Å². The summed E-state index contributed by atoms with van der Waals surface area (Å²) >= 11 is 0. The van der Waals surface area contributed by atoms with Gasteiger partial charge < -0.3 is 14.5 Å². The zero-order valence-electron chi connectivity index (χ0n) is 16.9. The number of carbonyl (C=O) groups excluding carboxylic acids is 2. The van der Waals surface area contributed by atoms with Gasteiger partial charge in [-0.1, -0.05) is 13.3 Å². The van der Waals surface area contributed by atoms with E-state index in [4.69, 9.17) is 4.74 Å². The standard InChI is InChI=1S/C22H32N2O3/c1-4-5-12-23-15-22(11-9-20(23)25)10-6-13-24(16-22)21(26)18-7-8-19(27-3)17(2)14-18/h7-8,14H,4-6,9-13,15-16H2,1-3H3/t22-/m1/s1. The van der Waals surface area contributed by atoms with Crippen LogP contribution in [0.25, 0.3) is 0 Å². The highest BCUT2D eigenvalue weighted by Crippen LogP contribution is 2.39. The second-order valence-corrected chi connectivity index (χ2v) is 8.18. The maximum Gasteiger partial charge on any atom is 0.253 e. The van der Waals surface area contributed by atoms with Crippen molar-refractivity contribution in [1.29, 1.82) is 0 Å². The van der Waals surface area contributed by atoms with E-state index in [9.17, 15) is 9.59 Å². The van der Waals surface area contributed by atoms with Gasteiger partial charge in [0.15, 0.2) is 0 Å². The lowest BCUT2D eigenvalue weighted by Crippen LogP contribution is -2.55. The molecule has 2 saturated heterocycles. The largest absolute Gasteiger partial charge is 0.496 e. The van der Waals surface area contributed by atoms with Crippen molar-refractivity contribution in [2.24, 2.45) is 5.41 Å². The Morgan fingerprint density at radius 2 is 2.07 bits per heavy atom. The first-order valence-electron chi connectivity index (χ1n) is 10.2. The molecule has 1 aromatic rings. The number of nitrogens with zero attached hydrogens (tertiary/aromatic N) is 2. The summed E-state index contributed by atoms with van der Waals surface area (Å²) in [6, 6.07) is 5.64. The third kappa shape index (κ3) is 4.28. The Hall–Kier alpha value is -2.04. The van der Waals surface area contributed by atoms with E-state index in [1.807, 2.05) is 34.9 Å². The quantitative estimate of drug-likeness (QED) is 0.793. The molecule has 3 rings (SSSR count). The van der Waals surface area contributed by atoms with Gasteiger partial charge in [-0.2, -0.15) is 0 Å². The molecule has 1 spiro atoms. The SMILES string of the molecule is CCCCN1C[C@@]2(CCCN(C(=O)c3ccc(OC)c(C)c3)C2)CCC1=O. The summed E-state index contributed by atoms with van der Waals surface area (Å²) in [5, 5.41) is 0. The summed E-state index contributed by atoms with van der Waals surface area (Å²) in [4.78, 5) is 29.4. The number of amides is 2. The van der Waals surface area contributed by atoms with Crippen molar-refractivity contribution in [2.75, 3.05) is 33.3 Å². The van der Waals surface area contributed by atoms with Crippen LogP contribution >= 0.6 is 0 Å². The molecule has 1 atom stereocenters. The molecule has 2 heterocycles. The van der Waals surface area contributed by atoms with Crippen LogP contribution in [0.5, 0.6) is 5.75 Å². The van der Waals surface area contributed by atoms with Gasteiger partial charge in [-0.25, -0.2) is 0 Å². The lowest BCUT2D eigenvalue weighted by atomic mass is 9.73. The van der Waals surface area contributed by atoms with Gasteiger partial charge >= 0.3 is 0 Å². The number of rotatable bonds is 5. The average molecular weight is 373 g/mol. The number of methoxy groups -OCH3 is 1. The van der Waals surface area contributed by atoms with E-state index in [-0.39, 0.29) is 17.2 Å². The van der Waals surface area contributed by atoms with E-state index >= 15 is 0 Å². The number of hydrogen-bond acceptors (Lipinski definition) is 3. The van der Waals surface area contributed by atoms with Gasteiger partial charge in [0.05, 0.1) is 7.11 Å². The minimum atomic E-state index is 0.0665. The molecule has 2 aliphatic heterocycles. The minimum absolute atomic E-state index is 0.0665. The van der Waals surface area contributed by atoms with Gasteiger partial charge in [0, 0.05) is 43.6 Å². The zero-order chi connectivity index (χ0) is 19.4. The van der Waals surface area contributed by atoms with Crippen LogP contribution < -0.4 is 4.74 Å². The topological polar surface area (TPSA) is 49.9 Å². The number of likely N-dealkylation sites (tertiary alicyclic amines) is 2. The molecule has 0 saturated carbocycles. The van der Waals surface area contributed by atoms with Crippen LogP contribution in [0.1, 0.15) is 61.4 Å². The second kappa shape index (κ2) is 8.32. The normalized spacial score (nSPS) is 23.0. The molecule has 0 bridgehead atoms. The molecule has 0 aromatic heterocycles. The number of carbonyl (C=O) groups is 2. The van der Waals surface area contributed by atoms with Gasteiger partial charge in [0.1, 0.15) is 5.75 Å². The monoisotopic (exact) mass is 372 g/mol. The predicted octanol–water partition coefficient (Wildman–Crippen LogP) is 3.65. The Morgan fingerprint density at radius 3 is 2.78 bits per heavy atom. The fraction of sp³-hybridized carbons (Fsp3) is 0.636. The van der Waals surface area contributed by atoms with Crippen LogP contribution in [0.2, 0.25) is 0 Å². The minimum Gasteiger partial charge on any atom is -0.496 e. The van der Waals surface area contributed by atoms with Crippen LogP contribution in [0.15, 0.2) is 18.2 Å². The molecule has 0 radical (unpaired) electrons. The summed E-state index contributed by atoms with van der Waals surface area (Å²) in [5.74, 6) is 1.18. The van der Waals surface area contributed by atoms with E-state index in [0.29, 0.717) is 6.42 Å².